The summed E-state index contributed by atoms with van der Waals surface area (Å²) < 4.78 is 9.82. The molecule has 0 aliphatic rings. The lowest BCUT2D eigenvalue weighted by atomic mass is 9.92. The Bertz CT molecular complexity index is 7700. The van der Waals surface area contributed by atoms with Crippen LogP contribution in [0.5, 0.6) is 0 Å². The van der Waals surface area contributed by atoms with Gasteiger partial charge in [0.1, 0.15) is 0 Å². The van der Waals surface area contributed by atoms with Crippen LogP contribution in [0.25, 0.3) is 209 Å². The van der Waals surface area contributed by atoms with Gasteiger partial charge < -0.3 is 18.3 Å². The second-order valence-corrected chi connectivity index (χ2v) is 29.8. The molecule has 0 unspecified atom stereocenters. The number of nitrogens with zero attached hydrogens (tertiary/aromatic N) is 4. The van der Waals surface area contributed by atoms with E-state index in [0.29, 0.717) is 0 Å². The summed E-state index contributed by atoms with van der Waals surface area (Å²) in [7, 11) is 0. The van der Waals surface area contributed by atoms with Gasteiger partial charge in [-0.15, -0.1) is 0 Å². The molecule has 0 aliphatic carbocycles. The lowest BCUT2D eigenvalue weighted by Crippen LogP contribution is -1.98. The van der Waals surface area contributed by atoms with E-state index in [4.69, 9.17) is 0 Å². The average Bonchev–Trinajstić information content (AvgIpc) is 1.63. The Morgan fingerprint density at radius 1 is 0.123 bits per heavy atom. The van der Waals surface area contributed by atoms with Crippen molar-refractivity contribution < 1.29 is 0 Å². The summed E-state index contributed by atoms with van der Waals surface area (Å²) in [4.78, 5) is 0. The van der Waals surface area contributed by atoms with Crippen LogP contribution in [-0.2, 0) is 0 Å². The molecule has 4 heteroatoms. The van der Waals surface area contributed by atoms with Gasteiger partial charge in [0.2, 0.25) is 0 Å². The molecule has 0 saturated carbocycles. The molecular weight excluding hydrogens is 1380 g/mol. The number of hydrogen-bond donors (Lipinski definition) is 0. The average molecular weight is 1450 g/mol. The van der Waals surface area contributed by atoms with E-state index in [-0.39, 0.29) is 0 Å². The van der Waals surface area contributed by atoms with Crippen molar-refractivity contribution in [2.45, 2.75) is 0 Å². The molecule has 532 valence electrons. The Labute approximate surface area is 660 Å². The van der Waals surface area contributed by atoms with Gasteiger partial charge in [-0.05, 0) is 174 Å². The van der Waals surface area contributed by atoms with Crippen LogP contribution in [0.15, 0.2) is 437 Å². The summed E-state index contributed by atoms with van der Waals surface area (Å²) in [6, 6.07) is 159. The molecule has 0 radical (unpaired) electrons. The summed E-state index contributed by atoms with van der Waals surface area (Å²) in [5.41, 5.74) is 31.0. The van der Waals surface area contributed by atoms with Crippen LogP contribution in [-0.4, -0.2) is 18.3 Å². The van der Waals surface area contributed by atoms with Gasteiger partial charge in [0.25, 0.3) is 0 Å². The van der Waals surface area contributed by atoms with Gasteiger partial charge in [0.05, 0.1) is 61.2 Å². The highest BCUT2D eigenvalue weighted by atomic mass is 15.0. The van der Waals surface area contributed by atoms with Gasteiger partial charge in [-0.3, -0.25) is 0 Å². The normalized spacial score (nSPS) is 11.7. The monoisotopic (exact) mass is 1450 g/mol. The molecule has 19 aromatic carbocycles. The third-order valence-corrected chi connectivity index (χ3v) is 23.5. The molecule has 4 aromatic heterocycles. The lowest BCUT2D eigenvalue weighted by molar-refractivity contribution is 1.18. The second-order valence-electron chi connectivity index (χ2n) is 29.8. The molecule has 23 rings (SSSR count). The van der Waals surface area contributed by atoms with E-state index in [2.05, 4.69) is 455 Å². The van der Waals surface area contributed by atoms with Crippen molar-refractivity contribution in [2.24, 2.45) is 0 Å². The van der Waals surface area contributed by atoms with Crippen molar-refractivity contribution in [1.82, 2.24) is 18.3 Å². The fourth-order valence-corrected chi connectivity index (χ4v) is 18.2. The molecule has 0 fully saturated rings. The summed E-state index contributed by atoms with van der Waals surface area (Å²) in [6.07, 6.45) is 0. The van der Waals surface area contributed by atoms with E-state index < -0.39 is 0 Å². The summed E-state index contributed by atoms with van der Waals surface area (Å²) in [5, 5.41) is 15.0. The standard InChI is InChI=1S/C56H36N2.C54H36N2/c1-2-14-37(15-3-1)38-26-30-42(31-27-38)57-52-23-11-8-20-46(52)49-32-28-39(35-55(49)57)40-29-33-50-47-21-9-12-24-53(47)58(56(50)36-40)54-25-13-10-22-48(54)51-34-41-16-4-5-17-43(41)44-18-6-7-19-45(44)51;1-3-16-37(17-4-1)39-20-15-21-42(34-39)44-23-8-12-27-50(44)56-52-29-14-10-25-46(52)48-33-31-41(36-54(48)56)40-30-32-47-45-24-9-13-28-51(45)55(53(47)35-40)49-26-11-7-22-43(49)38-18-5-2-6-19-38/h1-36H;1-36H. The Morgan fingerprint density at radius 2 is 0.412 bits per heavy atom. The molecule has 0 spiro atoms. The van der Waals surface area contributed by atoms with E-state index in [0.717, 1.165) is 11.4 Å². The van der Waals surface area contributed by atoms with Crippen molar-refractivity contribution >= 4 is 109 Å². The number of hydrogen-bond acceptors (Lipinski definition) is 0. The lowest BCUT2D eigenvalue weighted by Gasteiger charge is -2.17. The molecule has 4 nitrogen and oxygen atoms in total. The topological polar surface area (TPSA) is 19.7 Å². The Hall–Kier alpha value is -15.1. The zero-order chi connectivity index (χ0) is 75.2. The van der Waals surface area contributed by atoms with Gasteiger partial charge in [-0.25, -0.2) is 0 Å². The highest BCUT2D eigenvalue weighted by Gasteiger charge is 2.23. The largest absolute Gasteiger partial charge is 0.309 e. The first-order valence-electron chi connectivity index (χ1n) is 39.3. The minimum absolute atomic E-state index is 1.15. The number of aromatic nitrogens is 4. The highest BCUT2D eigenvalue weighted by molar-refractivity contribution is 6.18. The molecule has 0 atom stereocenters. The number of benzene rings is 19. The molecule has 0 amide bonds. The van der Waals surface area contributed by atoms with Crippen LogP contribution in [0.3, 0.4) is 0 Å². The first-order valence-corrected chi connectivity index (χ1v) is 39.3. The fourth-order valence-electron chi connectivity index (χ4n) is 18.2. The molecule has 0 aliphatic heterocycles. The predicted octanol–water partition coefficient (Wildman–Crippen LogP) is 29.7. The quantitative estimate of drug-likeness (QED) is 0.115. The van der Waals surface area contributed by atoms with Crippen molar-refractivity contribution in [3.05, 3.63) is 437 Å². The van der Waals surface area contributed by atoms with E-state index in [9.17, 15) is 0 Å². The Morgan fingerprint density at radius 3 is 0.886 bits per heavy atom. The maximum absolute atomic E-state index is 2.48. The predicted molar refractivity (Wildman–Crippen MR) is 483 cm³/mol. The summed E-state index contributed by atoms with van der Waals surface area (Å²) >= 11 is 0. The molecule has 114 heavy (non-hydrogen) atoms. The van der Waals surface area contributed by atoms with Crippen LogP contribution < -0.4 is 0 Å². The SMILES string of the molecule is c1ccc(-c2ccc(-n3c4ccccc4c4ccc(-c5ccc6c7ccccc7n(-c7ccccc7-c7cc8ccccc8c8ccccc78)c6c5)cc43)cc2)cc1.c1ccc(-c2cccc(-c3ccccc3-n3c4ccccc4c4ccc(-c5ccc6c7ccccc7n(-c7ccccc7-c7ccccc7)c6c5)cc43)c2)cc1. The number of rotatable bonds is 11. The van der Waals surface area contributed by atoms with Crippen LogP contribution in [0.1, 0.15) is 0 Å². The van der Waals surface area contributed by atoms with E-state index in [1.807, 2.05) is 0 Å². The maximum atomic E-state index is 2.48. The van der Waals surface area contributed by atoms with Crippen LogP contribution in [0.2, 0.25) is 0 Å². The fraction of sp³-hybridized carbons (Fsp3) is 0. The first kappa shape index (κ1) is 65.9. The maximum Gasteiger partial charge on any atom is 0.0547 e. The van der Waals surface area contributed by atoms with Gasteiger partial charge >= 0.3 is 0 Å². The van der Waals surface area contributed by atoms with Crippen molar-refractivity contribution in [3.63, 3.8) is 0 Å². The Kier molecular flexibility index (Phi) is 15.9. The van der Waals surface area contributed by atoms with Crippen molar-refractivity contribution in [3.8, 4) is 101 Å². The third kappa shape index (κ3) is 11.1. The molecular formula is C110H72N4. The minimum Gasteiger partial charge on any atom is -0.309 e. The zero-order valence-corrected chi connectivity index (χ0v) is 62.4. The van der Waals surface area contributed by atoms with Gasteiger partial charge in [0, 0.05) is 65.5 Å². The number of fused-ring (bicyclic) bond motifs is 15. The Balaban J connectivity index is 0.000000139. The van der Waals surface area contributed by atoms with Gasteiger partial charge in [-0.2, -0.15) is 0 Å². The molecule has 4 heterocycles. The van der Waals surface area contributed by atoms with Crippen LogP contribution in [0, 0.1) is 0 Å². The summed E-state index contributed by atoms with van der Waals surface area (Å²) in [5.74, 6) is 0. The van der Waals surface area contributed by atoms with Crippen molar-refractivity contribution in [1.29, 1.82) is 0 Å². The summed E-state index contributed by atoms with van der Waals surface area (Å²) in [6.45, 7) is 0. The molecule has 0 N–H and O–H groups in total. The smallest absolute Gasteiger partial charge is 0.0547 e. The van der Waals surface area contributed by atoms with Crippen molar-refractivity contribution in [2.75, 3.05) is 0 Å². The van der Waals surface area contributed by atoms with E-state index in [1.54, 1.807) is 0 Å². The molecule has 0 bridgehead atoms. The van der Waals surface area contributed by atoms with Gasteiger partial charge in [0.15, 0.2) is 0 Å². The zero-order valence-electron chi connectivity index (χ0n) is 62.4. The second kappa shape index (κ2) is 27.5. The first-order chi connectivity index (χ1) is 56.6. The van der Waals surface area contributed by atoms with Gasteiger partial charge in [-0.1, -0.05) is 346 Å². The van der Waals surface area contributed by atoms with E-state index in [1.165, 1.54) is 198 Å². The highest BCUT2D eigenvalue weighted by Crippen LogP contribution is 2.46. The molecule has 23 aromatic rings. The number of para-hydroxylation sites is 7. The minimum atomic E-state index is 1.15. The molecule has 0 saturated heterocycles. The van der Waals surface area contributed by atoms with E-state index >= 15 is 0 Å². The third-order valence-electron chi connectivity index (χ3n) is 23.5. The van der Waals surface area contributed by atoms with Crippen LogP contribution >= 0.6 is 0 Å². The van der Waals surface area contributed by atoms with Crippen LogP contribution in [0.4, 0.5) is 0 Å².